The van der Waals surface area contributed by atoms with Crippen LogP contribution in [0.4, 0.5) is 0 Å². The number of nitrogens with zero attached hydrogens (tertiary/aromatic N) is 1. The molecule has 5 heteroatoms. The second-order valence-electron chi connectivity index (χ2n) is 1.90. The summed E-state index contributed by atoms with van der Waals surface area (Å²) in [6, 6.07) is 1.63. The van der Waals surface area contributed by atoms with Gasteiger partial charge >= 0.3 is 5.97 Å². The van der Waals surface area contributed by atoms with E-state index >= 15 is 0 Å². The summed E-state index contributed by atoms with van der Waals surface area (Å²) in [5.41, 5.74) is 0.516. The Kier molecular flexibility index (Phi) is 2.32. The summed E-state index contributed by atoms with van der Waals surface area (Å²) in [6.45, 7) is 0. The van der Waals surface area contributed by atoms with E-state index in [4.69, 9.17) is 5.11 Å². The van der Waals surface area contributed by atoms with Crippen molar-refractivity contribution in [3.05, 3.63) is 17.1 Å². The summed E-state index contributed by atoms with van der Waals surface area (Å²) < 4.78 is 3.80. The predicted molar refractivity (Wildman–Crippen MR) is 38.5 cm³/mol. The molecule has 0 aliphatic rings. The van der Waals surface area contributed by atoms with Gasteiger partial charge in [-0.3, -0.25) is 4.79 Å². The zero-order valence-corrected chi connectivity index (χ0v) is 6.30. The van der Waals surface area contributed by atoms with Crippen molar-refractivity contribution >= 4 is 23.3 Å². The topological polar surface area (TPSA) is 67.3 Å². The average Bonchev–Trinajstić information content (AvgIpc) is 2.39. The number of carbonyl (C=O) groups excluding carboxylic acids is 1. The van der Waals surface area contributed by atoms with Crippen LogP contribution in [0.1, 0.15) is 5.69 Å². The van der Waals surface area contributed by atoms with Gasteiger partial charge in [-0.2, -0.15) is 4.37 Å². The molecule has 1 N–H and O–H groups in total. The van der Waals surface area contributed by atoms with Crippen LogP contribution >= 0.6 is 11.5 Å². The van der Waals surface area contributed by atoms with Crippen molar-refractivity contribution in [1.29, 1.82) is 0 Å². The van der Waals surface area contributed by atoms with E-state index in [1.54, 1.807) is 11.4 Å². The lowest BCUT2D eigenvalue weighted by molar-refractivity contribution is -0.148. The normalized spacial score (nSPS) is 9.45. The van der Waals surface area contributed by atoms with Crippen LogP contribution in [0.5, 0.6) is 0 Å². The summed E-state index contributed by atoms with van der Waals surface area (Å²) >= 11 is 1.20. The second kappa shape index (κ2) is 3.25. The van der Waals surface area contributed by atoms with Gasteiger partial charge in [0.15, 0.2) is 0 Å². The van der Waals surface area contributed by atoms with E-state index in [0.717, 1.165) is 0 Å². The minimum absolute atomic E-state index is 0.112. The fourth-order valence-corrected chi connectivity index (χ4v) is 1.11. The van der Waals surface area contributed by atoms with Crippen molar-refractivity contribution in [3.8, 4) is 0 Å². The van der Waals surface area contributed by atoms with E-state index in [2.05, 4.69) is 4.37 Å². The number of ketones is 1. The quantitative estimate of drug-likeness (QED) is 0.666. The number of aromatic nitrogens is 1. The largest absolute Gasteiger partial charge is 0.475 e. The molecule has 0 unspecified atom stereocenters. The lowest BCUT2D eigenvalue weighted by Crippen LogP contribution is -2.14. The maximum Gasteiger partial charge on any atom is 0.372 e. The molecule has 0 amide bonds. The Bertz CT molecular complexity index is 267. The third-order valence-corrected chi connectivity index (χ3v) is 1.67. The molecule has 1 aromatic heterocycles. The molecular weight excluding hydrogens is 166 g/mol. The van der Waals surface area contributed by atoms with Crippen molar-refractivity contribution in [2.24, 2.45) is 0 Å². The van der Waals surface area contributed by atoms with E-state index in [-0.39, 0.29) is 6.42 Å². The molecule has 0 aromatic carbocycles. The molecule has 58 valence electrons. The third kappa shape index (κ3) is 2.12. The van der Waals surface area contributed by atoms with Crippen molar-refractivity contribution in [2.75, 3.05) is 0 Å². The summed E-state index contributed by atoms with van der Waals surface area (Å²) in [5, 5.41) is 9.91. The van der Waals surface area contributed by atoms with Crippen LogP contribution in [-0.2, 0) is 16.0 Å². The summed E-state index contributed by atoms with van der Waals surface area (Å²) in [5.74, 6) is -2.23. The number of carbonyl (C=O) groups is 2. The molecule has 0 aliphatic heterocycles. The molecule has 0 spiro atoms. The molecule has 0 atom stereocenters. The summed E-state index contributed by atoms with van der Waals surface area (Å²) in [4.78, 5) is 20.6. The van der Waals surface area contributed by atoms with E-state index in [1.165, 1.54) is 11.5 Å². The van der Waals surface area contributed by atoms with Gasteiger partial charge in [0, 0.05) is 5.38 Å². The predicted octanol–water partition coefficient (Wildman–Crippen LogP) is 0.339. The van der Waals surface area contributed by atoms with Crippen LogP contribution in [0.15, 0.2) is 11.4 Å². The van der Waals surface area contributed by atoms with Gasteiger partial charge in [-0.15, -0.1) is 0 Å². The van der Waals surface area contributed by atoms with E-state index in [9.17, 15) is 9.59 Å². The van der Waals surface area contributed by atoms with Gasteiger partial charge in [0.1, 0.15) is 0 Å². The highest BCUT2D eigenvalue weighted by Gasteiger charge is 2.12. The van der Waals surface area contributed by atoms with E-state index in [1.807, 2.05) is 0 Å². The lowest BCUT2D eigenvalue weighted by atomic mass is 10.2. The molecule has 1 heterocycles. The maximum absolute atomic E-state index is 10.6. The molecule has 0 aliphatic carbocycles. The molecule has 0 bridgehead atoms. The molecule has 1 aromatic rings. The first-order chi connectivity index (χ1) is 5.20. The van der Waals surface area contributed by atoms with Crippen LogP contribution in [0, 0.1) is 0 Å². The first kappa shape index (κ1) is 7.87. The number of hydrogen-bond acceptors (Lipinski definition) is 4. The molecule has 4 nitrogen and oxygen atoms in total. The fourth-order valence-electron chi connectivity index (χ4n) is 0.569. The molecule has 1 rings (SSSR count). The molecule has 0 saturated carbocycles. The average molecular weight is 171 g/mol. The van der Waals surface area contributed by atoms with Gasteiger partial charge in [-0.05, 0) is 17.6 Å². The highest BCUT2D eigenvalue weighted by molar-refractivity contribution is 7.03. The zero-order valence-electron chi connectivity index (χ0n) is 5.48. The summed E-state index contributed by atoms with van der Waals surface area (Å²) in [6.07, 6.45) is -0.112. The molecule has 0 radical (unpaired) electrons. The Labute approximate surface area is 66.6 Å². The Hall–Kier alpha value is -1.23. The standard InChI is InChI=1S/C6H5NO3S/c8-5(6(9)10)3-4-1-2-11-7-4/h1-2H,3H2,(H,9,10). The Morgan fingerprint density at radius 2 is 2.36 bits per heavy atom. The highest BCUT2D eigenvalue weighted by atomic mass is 32.1. The number of rotatable bonds is 3. The molecule has 11 heavy (non-hydrogen) atoms. The Morgan fingerprint density at radius 3 is 2.82 bits per heavy atom. The van der Waals surface area contributed by atoms with Crippen molar-refractivity contribution in [2.45, 2.75) is 6.42 Å². The number of Topliss-reactive ketones (excluding diaryl/α,β-unsaturated/α-hetero) is 1. The van der Waals surface area contributed by atoms with Gasteiger partial charge in [0.25, 0.3) is 0 Å². The second-order valence-corrected chi connectivity index (χ2v) is 2.56. The first-order valence-corrected chi connectivity index (χ1v) is 3.69. The number of carboxylic acids is 1. The van der Waals surface area contributed by atoms with Crippen LogP contribution in [0.3, 0.4) is 0 Å². The van der Waals surface area contributed by atoms with Crippen LogP contribution in [0.2, 0.25) is 0 Å². The van der Waals surface area contributed by atoms with Crippen molar-refractivity contribution in [3.63, 3.8) is 0 Å². The lowest BCUT2D eigenvalue weighted by Gasteiger charge is -1.88. The van der Waals surface area contributed by atoms with Crippen LogP contribution < -0.4 is 0 Å². The van der Waals surface area contributed by atoms with Crippen LogP contribution in [0.25, 0.3) is 0 Å². The van der Waals surface area contributed by atoms with Gasteiger partial charge < -0.3 is 5.11 Å². The van der Waals surface area contributed by atoms with Gasteiger partial charge in [0.2, 0.25) is 5.78 Å². The van der Waals surface area contributed by atoms with Crippen molar-refractivity contribution < 1.29 is 14.7 Å². The minimum atomic E-state index is -1.40. The monoisotopic (exact) mass is 171 g/mol. The summed E-state index contributed by atoms with van der Waals surface area (Å²) in [7, 11) is 0. The number of hydrogen-bond donors (Lipinski definition) is 1. The van der Waals surface area contributed by atoms with Gasteiger partial charge in [0.05, 0.1) is 12.1 Å². The maximum atomic E-state index is 10.6. The Morgan fingerprint density at radius 1 is 1.64 bits per heavy atom. The first-order valence-electron chi connectivity index (χ1n) is 2.85. The molecule has 0 saturated heterocycles. The van der Waals surface area contributed by atoms with Crippen molar-refractivity contribution in [1.82, 2.24) is 4.37 Å². The molecule has 0 fully saturated rings. The zero-order chi connectivity index (χ0) is 8.27. The van der Waals surface area contributed by atoms with E-state index in [0.29, 0.717) is 5.69 Å². The number of carboxylic acid groups (broad SMARTS) is 1. The van der Waals surface area contributed by atoms with E-state index < -0.39 is 11.8 Å². The fraction of sp³-hybridized carbons (Fsp3) is 0.167. The Balaban J connectivity index is 2.57. The van der Waals surface area contributed by atoms with Gasteiger partial charge in [-0.25, -0.2) is 4.79 Å². The minimum Gasteiger partial charge on any atom is -0.475 e. The SMILES string of the molecule is O=C(O)C(=O)Cc1ccsn1. The smallest absolute Gasteiger partial charge is 0.372 e. The van der Waals surface area contributed by atoms with Gasteiger partial charge in [-0.1, -0.05) is 0 Å². The number of aliphatic carboxylic acids is 1. The van der Waals surface area contributed by atoms with Crippen LogP contribution in [-0.4, -0.2) is 21.2 Å². The third-order valence-electron chi connectivity index (χ3n) is 1.07. The highest BCUT2D eigenvalue weighted by Crippen LogP contribution is 2.00. The molecular formula is C6H5NO3S.